The number of unbranched alkanes of at least 4 members (excludes halogenated alkanes) is 14. The maximum absolute atomic E-state index is 11.7. The van der Waals surface area contributed by atoms with Gasteiger partial charge in [-0.1, -0.05) is 90.9 Å². The van der Waals surface area contributed by atoms with Crippen molar-refractivity contribution in [3.8, 4) is 0 Å². The number of hydrogen-bond donors (Lipinski definition) is 1. The fraction of sp³-hybridized carbons (Fsp3) is 0.933. The summed E-state index contributed by atoms with van der Waals surface area (Å²) in [6, 6.07) is 0. The molecule has 0 amide bonds. The number of esters is 2. The van der Waals surface area contributed by atoms with Crippen molar-refractivity contribution in [2.24, 2.45) is 0 Å². The van der Waals surface area contributed by atoms with E-state index in [9.17, 15) is 14.7 Å². The molecule has 0 heterocycles. The SMILES string of the molecule is CCCCCCOC(=O)CCCCCCCN(CCO)CCCCCCCC(=O)OCCCCCC. The Balaban J connectivity index is 3.57. The molecule has 0 aliphatic rings. The highest BCUT2D eigenvalue weighted by atomic mass is 16.5. The third-order valence-corrected chi connectivity index (χ3v) is 6.65. The summed E-state index contributed by atoms with van der Waals surface area (Å²) in [6.45, 7) is 8.53. The van der Waals surface area contributed by atoms with Gasteiger partial charge in [0.2, 0.25) is 0 Å². The Morgan fingerprint density at radius 2 is 0.917 bits per heavy atom. The average Bonchev–Trinajstić information content (AvgIpc) is 2.87. The molecule has 0 rings (SSSR count). The van der Waals surface area contributed by atoms with Gasteiger partial charge in [0.25, 0.3) is 0 Å². The first-order chi connectivity index (χ1) is 17.6. The van der Waals surface area contributed by atoms with E-state index in [-0.39, 0.29) is 18.5 Å². The van der Waals surface area contributed by atoms with Crippen LogP contribution in [0.4, 0.5) is 0 Å². The van der Waals surface area contributed by atoms with Crippen molar-refractivity contribution in [1.29, 1.82) is 0 Å². The van der Waals surface area contributed by atoms with Crippen molar-refractivity contribution in [3.63, 3.8) is 0 Å². The summed E-state index contributed by atoms with van der Waals surface area (Å²) in [5.41, 5.74) is 0. The molecular formula is C30H59NO5. The molecule has 0 aromatic carbocycles. The Hall–Kier alpha value is -1.14. The zero-order chi connectivity index (χ0) is 26.5. The predicted molar refractivity (Wildman–Crippen MR) is 149 cm³/mol. The van der Waals surface area contributed by atoms with E-state index in [0.29, 0.717) is 26.1 Å². The monoisotopic (exact) mass is 513 g/mol. The van der Waals surface area contributed by atoms with Gasteiger partial charge in [0.15, 0.2) is 0 Å². The Labute approximate surface area is 222 Å². The molecule has 0 saturated carbocycles. The first-order valence-corrected chi connectivity index (χ1v) is 15.3. The van der Waals surface area contributed by atoms with Gasteiger partial charge < -0.3 is 19.5 Å². The molecule has 6 nitrogen and oxygen atoms in total. The summed E-state index contributed by atoms with van der Waals surface area (Å²) in [4.78, 5) is 25.8. The smallest absolute Gasteiger partial charge is 0.305 e. The molecule has 0 radical (unpaired) electrons. The molecule has 36 heavy (non-hydrogen) atoms. The molecule has 0 bridgehead atoms. The lowest BCUT2D eigenvalue weighted by Gasteiger charge is -2.21. The number of carbonyl (C=O) groups excluding carboxylic acids is 2. The van der Waals surface area contributed by atoms with E-state index in [0.717, 1.165) is 96.7 Å². The third kappa shape index (κ3) is 25.9. The molecule has 0 atom stereocenters. The van der Waals surface area contributed by atoms with Gasteiger partial charge in [0, 0.05) is 19.4 Å². The highest BCUT2D eigenvalue weighted by molar-refractivity contribution is 5.69. The number of nitrogens with zero attached hydrogens (tertiary/aromatic N) is 1. The van der Waals surface area contributed by atoms with E-state index in [1.165, 1.54) is 38.5 Å². The second-order valence-corrected chi connectivity index (χ2v) is 10.2. The maximum atomic E-state index is 11.7. The van der Waals surface area contributed by atoms with Crippen LogP contribution in [-0.2, 0) is 19.1 Å². The lowest BCUT2D eigenvalue weighted by Crippen LogP contribution is -2.29. The standard InChI is InChI=1S/C30H59NO5/c1-3-5-7-19-27-35-29(33)21-15-11-9-13-17-23-31(25-26-32)24-18-14-10-12-16-22-30(34)36-28-20-8-6-4-2/h32H,3-28H2,1-2H3. The van der Waals surface area contributed by atoms with Gasteiger partial charge in [0.1, 0.15) is 0 Å². The molecule has 0 aliphatic carbocycles. The Bertz CT molecular complexity index is 446. The highest BCUT2D eigenvalue weighted by Gasteiger charge is 2.06. The molecule has 0 aromatic heterocycles. The minimum Gasteiger partial charge on any atom is -0.466 e. The van der Waals surface area contributed by atoms with Crippen LogP contribution in [0.5, 0.6) is 0 Å². The van der Waals surface area contributed by atoms with Crippen molar-refractivity contribution >= 4 is 11.9 Å². The van der Waals surface area contributed by atoms with Crippen LogP contribution >= 0.6 is 0 Å². The Kier molecular flexibility index (Phi) is 27.5. The first-order valence-electron chi connectivity index (χ1n) is 15.3. The summed E-state index contributed by atoms with van der Waals surface area (Å²) in [7, 11) is 0. The largest absolute Gasteiger partial charge is 0.466 e. The summed E-state index contributed by atoms with van der Waals surface area (Å²) in [6.07, 6.45) is 21.1. The van der Waals surface area contributed by atoms with Crippen LogP contribution < -0.4 is 0 Å². The minimum absolute atomic E-state index is 0.0432. The summed E-state index contributed by atoms with van der Waals surface area (Å²) >= 11 is 0. The van der Waals surface area contributed by atoms with Crippen LogP contribution in [0.25, 0.3) is 0 Å². The molecule has 0 fully saturated rings. The summed E-state index contributed by atoms with van der Waals surface area (Å²) < 4.78 is 10.6. The van der Waals surface area contributed by atoms with Crippen molar-refractivity contribution in [2.75, 3.05) is 39.5 Å². The zero-order valence-electron chi connectivity index (χ0n) is 23.9. The quantitative estimate of drug-likeness (QED) is 0.0880. The topological polar surface area (TPSA) is 76.1 Å². The van der Waals surface area contributed by atoms with E-state index < -0.39 is 0 Å². The van der Waals surface area contributed by atoms with Gasteiger partial charge in [0.05, 0.1) is 19.8 Å². The summed E-state index contributed by atoms with van der Waals surface area (Å²) in [5, 5.41) is 9.36. The van der Waals surface area contributed by atoms with Crippen LogP contribution in [0.15, 0.2) is 0 Å². The van der Waals surface area contributed by atoms with Crippen LogP contribution in [0.2, 0.25) is 0 Å². The number of hydrogen-bond acceptors (Lipinski definition) is 6. The van der Waals surface area contributed by atoms with Crippen molar-refractivity contribution in [1.82, 2.24) is 4.90 Å². The maximum Gasteiger partial charge on any atom is 0.305 e. The Morgan fingerprint density at radius 3 is 1.33 bits per heavy atom. The van der Waals surface area contributed by atoms with E-state index in [1.54, 1.807) is 0 Å². The van der Waals surface area contributed by atoms with Crippen LogP contribution in [0.1, 0.15) is 142 Å². The van der Waals surface area contributed by atoms with E-state index in [1.807, 2.05) is 0 Å². The molecule has 1 N–H and O–H groups in total. The normalized spacial score (nSPS) is 11.2. The third-order valence-electron chi connectivity index (χ3n) is 6.65. The Morgan fingerprint density at radius 1 is 0.528 bits per heavy atom. The number of ether oxygens (including phenoxy) is 2. The molecular weight excluding hydrogens is 454 g/mol. The van der Waals surface area contributed by atoms with E-state index >= 15 is 0 Å². The van der Waals surface area contributed by atoms with Gasteiger partial charge in [-0.3, -0.25) is 9.59 Å². The molecule has 0 saturated heterocycles. The van der Waals surface area contributed by atoms with E-state index in [2.05, 4.69) is 18.7 Å². The zero-order valence-corrected chi connectivity index (χ0v) is 23.9. The lowest BCUT2D eigenvalue weighted by atomic mass is 10.1. The fourth-order valence-electron chi connectivity index (χ4n) is 4.32. The van der Waals surface area contributed by atoms with Crippen LogP contribution in [-0.4, -0.2) is 61.4 Å². The van der Waals surface area contributed by atoms with Gasteiger partial charge >= 0.3 is 11.9 Å². The molecule has 0 aromatic rings. The van der Waals surface area contributed by atoms with Crippen molar-refractivity contribution in [2.45, 2.75) is 142 Å². The van der Waals surface area contributed by atoms with E-state index in [4.69, 9.17) is 9.47 Å². The fourth-order valence-corrected chi connectivity index (χ4v) is 4.32. The molecule has 0 aliphatic heterocycles. The number of aliphatic hydroxyl groups excluding tert-OH is 1. The van der Waals surface area contributed by atoms with Crippen molar-refractivity contribution in [3.05, 3.63) is 0 Å². The highest BCUT2D eigenvalue weighted by Crippen LogP contribution is 2.10. The molecule has 6 heteroatoms. The number of aliphatic hydroxyl groups is 1. The minimum atomic E-state index is -0.0432. The van der Waals surface area contributed by atoms with Crippen LogP contribution in [0, 0.1) is 0 Å². The van der Waals surface area contributed by atoms with Crippen LogP contribution in [0.3, 0.4) is 0 Å². The lowest BCUT2D eigenvalue weighted by molar-refractivity contribution is -0.144. The average molecular weight is 514 g/mol. The molecule has 214 valence electrons. The first kappa shape index (κ1) is 34.9. The van der Waals surface area contributed by atoms with Gasteiger partial charge in [-0.25, -0.2) is 0 Å². The molecule has 0 unspecified atom stereocenters. The molecule has 0 spiro atoms. The second kappa shape index (κ2) is 28.4. The van der Waals surface area contributed by atoms with Crippen molar-refractivity contribution < 1.29 is 24.2 Å². The number of rotatable bonds is 28. The summed E-state index contributed by atoms with van der Waals surface area (Å²) in [5.74, 6) is -0.0864. The van der Waals surface area contributed by atoms with Gasteiger partial charge in [-0.2, -0.15) is 0 Å². The predicted octanol–water partition coefficient (Wildman–Crippen LogP) is 7.21. The van der Waals surface area contributed by atoms with Gasteiger partial charge in [-0.05, 0) is 51.6 Å². The van der Waals surface area contributed by atoms with Gasteiger partial charge in [-0.15, -0.1) is 0 Å². The second-order valence-electron chi connectivity index (χ2n) is 10.2. The number of carbonyl (C=O) groups is 2.